The van der Waals surface area contributed by atoms with Crippen LogP contribution >= 0.6 is 0 Å². The van der Waals surface area contributed by atoms with Crippen molar-refractivity contribution in [3.63, 3.8) is 0 Å². The number of likely N-dealkylation sites (tertiary alicyclic amines) is 1. The summed E-state index contributed by atoms with van der Waals surface area (Å²) in [6.45, 7) is 6.69. The summed E-state index contributed by atoms with van der Waals surface area (Å²) in [6, 6.07) is 6.31. The van der Waals surface area contributed by atoms with Gasteiger partial charge in [-0.3, -0.25) is 4.79 Å². The molecule has 1 heterocycles. The SMILES string of the molecule is CNC(=O)c1ccc(NC(C)C2CCN(C)CC2)c(C)c1. The molecule has 0 saturated carbocycles. The first-order valence-electron chi connectivity index (χ1n) is 7.79. The average molecular weight is 289 g/mol. The molecule has 2 N–H and O–H groups in total. The molecule has 0 spiro atoms. The molecular weight excluding hydrogens is 262 g/mol. The molecule has 4 nitrogen and oxygen atoms in total. The van der Waals surface area contributed by atoms with Crippen molar-refractivity contribution >= 4 is 11.6 Å². The van der Waals surface area contributed by atoms with Gasteiger partial charge in [0.1, 0.15) is 0 Å². The van der Waals surface area contributed by atoms with Gasteiger partial charge in [-0.2, -0.15) is 0 Å². The second kappa shape index (κ2) is 6.94. The smallest absolute Gasteiger partial charge is 0.251 e. The highest BCUT2D eigenvalue weighted by Gasteiger charge is 2.22. The molecule has 0 aromatic heterocycles. The van der Waals surface area contributed by atoms with E-state index in [0.717, 1.165) is 17.2 Å². The van der Waals surface area contributed by atoms with Gasteiger partial charge in [0.2, 0.25) is 0 Å². The molecule has 1 aliphatic heterocycles. The Morgan fingerprint density at radius 3 is 2.57 bits per heavy atom. The van der Waals surface area contributed by atoms with Gasteiger partial charge in [-0.15, -0.1) is 0 Å². The van der Waals surface area contributed by atoms with E-state index in [-0.39, 0.29) is 5.91 Å². The van der Waals surface area contributed by atoms with Crippen LogP contribution in [0, 0.1) is 12.8 Å². The van der Waals surface area contributed by atoms with Crippen molar-refractivity contribution < 1.29 is 4.79 Å². The first-order chi connectivity index (χ1) is 10.0. The molecule has 0 radical (unpaired) electrons. The lowest BCUT2D eigenvalue weighted by Gasteiger charge is -2.33. The zero-order chi connectivity index (χ0) is 15.4. The Bertz CT molecular complexity index is 493. The Kier molecular flexibility index (Phi) is 5.23. The van der Waals surface area contributed by atoms with E-state index in [0.29, 0.717) is 11.6 Å². The van der Waals surface area contributed by atoms with Gasteiger partial charge in [0.15, 0.2) is 0 Å². The predicted molar refractivity (Wildman–Crippen MR) is 87.9 cm³/mol. The first-order valence-corrected chi connectivity index (χ1v) is 7.79. The molecule has 1 aromatic carbocycles. The number of anilines is 1. The van der Waals surface area contributed by atoms with Crippen LogP contribution in [0.4, 0.5) is 5.69 Å². The molecule has 1 aromatic rings. The Labute approximate surface area is 127 Å². The van der Waals surface area contributed by atoms with E-state index in [4.69, 9.17) is 0 Å². The highest BCUT2D eigenvalue weighted by Crippen LogP contribution is 2.24. The van der Waals surface area contributed by atoms with E-state index in [1.165, 1.54) is 25.9 Å². The number of hydrogen-bond donors (Lipinski definition) is 2. The highest BCUT2D eigenvalue weighted by molar-refractivity contribution is 5.94. The maximum Gasteiger partial charge on any atom is 0.251 e. The van der Waals surface area contributed by atoms with Crippen LogP contribution < -0.4 is 10.6 Å². The summed E-state index contributed by atoms with van der Waals surface area (Å²) in [5, 5.41) is 6.29. The van der Waals surface area contributed by atoms with Crippen LogP contribution in [-0.4, -0.2) is 44.0 Å². The largest absolute Gasteiger partial charge is 0.382 e. The van der Waals surface area contributed by atoms with Crippen LogP contribution in [0.15, 0.2) is 18.2 Å². The third kappa shape index (κ3) is 3.97. The average Bonchev–Trinajstić information content (AvgIpc) is 2.49. The first kappa shape index (κ1) is 15.8. The fourth-order valence-corrected chi connectivity index (χ4v) is 3.00. The molecule has 1 amide bonds. The van der Waals surface area contributed by atoms with Crippen molar-refractivity contribution in [3.05, 3.63) is 29.3 Å². The van der Waals surface area contributed by atoms with Gasteiger partial charge in [-0.05, 0) is 76.5 Å². The van der Waals surface area contributed by atoms with E-state index in [1.807, 2.05) is 18.2 Å². The minimum absolute atomic E-state index is 0.0342. The Morgan fingerprint density at radius 2 is 2.00 bits per heavy atom. The lowest BCUT2D eigenvalue weighted by atomic mass is 9.90. The third-order valence-electron chi connectivity index (χ3n) is 4.57. The predicted octanol–water partition coefficient (Wildman–Crippen LogP) is 2.50. The third-order valence-corrected chi connectivity index (χ3v) is 4.57. The zero-order valence-electron chi connectivity index (χ0n) is 13.6. The molecule has 1 saturated heterocycles. The Morgan fingerprint density at radius 1 is 1.33 bits per heavy atom. The minimum Gasteiger partial charge on any atom is -0.382 e. The van der Waals surface area contributed by atoms with E-state index in [9.17, 15) is 4.79 Å². The van der Waals surface area contributed by atoms with Gasteiger partial charge in [-0.25, -0.2) is 0 Å². The van der Waals surface area contributed by atoms with Crippen molar-refractivity contribution in [1.29, 1.82) is 0 Å². The summed E-state index contributed by atoms with van der Waals surface area (Å²) in [5.41, 5.74) is 2.97. The van der Waals surface area contributed by atoms with Crippen LogP contribution in [0.1, 0.15) is 35.7 Å². The molecular formula is C17H27N3O. The minimum atomic E-state index is -0.0342. The van der Waals surface area contributed by atoms with E-state index < -0.39 is 0 Å². The van der Waals surface area contributed by atoms with Crippen molar-refractivity contribution in [1.82, 2.24) is 10.2 Å². The molecule has 1 fully saturated rings. The lowest BCUT2D eigenvalue weighted by Crippen LogP contribution is -2.37. The maximum absolute atomic E-state index is 11.6. The topological polar surface area (TPSA) is 44.4 Å². The van der Waals surface area contributed by atoms with E-state index in [2.05, 4.69) is 36.4 Å². The van der Waals surface area contributed by atoms with Gasteiger partial charge < -0.3 is 15.5 Å². The normalized spacial score (nSPS) is 18.3. The lowest BCUT2D eigenvalue weighted by molar-refractivity contribution is 0.0963. The summed E-state index contributed by atoms with van der Waals surface area (Å²) in [4.78, 5) is 14.0. The van der Waals surface area contributed by atoms with Crippen molar-refractivity contribution in [3.8, 4) is 0 Å². The van der Waals surface area contributed by atoms with Crippen molar-refractivity contribution in [2.75, 3.05) is 32.5 Å². The number of aryl methyl sites for hydroxylation is 1. The standard InChI is InChI=1S/C17H27N3O/c1-12-11-15(17(21)18-3)5-6-16(12)19-13(2)14-7-9-20(4)10-8-14/h5-6,11,13-14,19H,7-10H2,1-4H3,(H,18,21). The Balaban J connectivity index is 2.00. The number of carbonyl (C=O) groups excluding carboxylic acids is 1. The van der Waals surface area contributed by atoms with Crippen LogP contribution in [0.2, 0.25) is 0 Å². The summed E-state index contributed by atoms with van der Waals surface area (Å²) < 4.78 is 0. The number of rotatable bonds is 4. The van der Waals surface area contributed by atoms with Crippen molar-refractivity contribution in [2.45, 2.75) is 32.7 Å². The molecule has 0 bridgehead atoms. The fraction of sp³-hybridized carbons (Fsp3) is 0.588. The highest BCUT2D eigenvalue weighted by atomic mass is 16.1. The van der Waals surface area contributed by atoms with Gasteiger partial charge in [-0.1, -0.05) is 0 Å². The molecule has 1 unspecified atom stereocenters. The number of nitrogens with one attached hydrogen (secondary N) is 2. The van der Waals surface area contributed by atoms with Crippen LogP contribution in [0.3, 0.4) is 0 Å². The number of amides is 1. The monoisotopic (exact) mass is 289 g/mol. The molecule has 1 atom stereocenters. The summed E-state index contributed by atoms with van der Waals surface area (Å²) in [6.07, 6.45) is 2.50. The molecule has 0 aliphatic carbocycles. The second-order valence-electron chi connectivity index (χ2n) is 6.18. The number of nitrogens with zero attached hydrogens (tertiary/aromatic N) is 1. The summed E-state index contributed by atoms with van der Waals surface area (Å²) in [7, 11) is 3.85. The van der Waals surface area contributed by atoms with Crippen LogP contribution in [0.25, 0.3) is 0 Å². The molecule has 4 heteroatoms. The van der Waals surface area contributed by atoms with Crippen molar-refractivity contribution in [2.24, 2.45) is 5.92 Å². The Hall–Kier alpha value is -1.55. The van der Waals surface area contributed by atoms with Crippen LogP contribution in [0.5, 0.6) is 0 Å². The second-order valence-corrected chi connectivity index (χ2v) is 6.18. The fourth-order valence-electron chi connectivity index (χ4n) is 3.00. The van der Waals surface area contributed by atoms with Gasteiger partial charge in [0, 0.05) is 24.3 Å². The number of piperidine rings is 1. The zero-order valence-corrected chi connectivity index (χ0v) is 13.6. The van der Waals surface area contributed by atoms with Gasteiger partial charge >= 0.3 is 0 Å². The van der Waals surface area contributed by atoms with Gasteiger partial charge in [0.25, 0.3) is 5.91 Å². The van der Waals surface area contributed by atoms with E-state index >= 15 is 0 Å². The van der Waals surface area contributed by atoms with Crippen LogP contribution in [-0.2, 0) is 0 Å². The number of carbonyl (C=O) groups is 1. The maximum atomic E-state index is 11.6. The quantitative estimate of drug-likeness (QED) is 0.895. The summed E-state index contributed by atoms with van der Waals surface area (Å²) in [5.74, 6) is 0.687. The molecule has 2 rings (SSSR count). The molecule has 21 heavy (non-hydrogen) atoms. The number of hydrogen-bond acceptors (Lipinski definition) is 3. The number of benzene rings is 1. The molecule has 1 aliphatic rings. The van der Waals surface area contributed by atoms with Gasteiger partial charge in [0.05, 0.1) is 0 Å². The molecule has 116 valence electrons. The van der Waals surface area contributed by atoms with E-state index in [1.54, 1.807) is 7.05 Å². The summed E-state index contributed by atoms with van der Waals surface area (Å²) >= 11 is 0.